The molecule has 0 spiro atoms. The zero-order valence-electron chi connectivity index (χ0n) is 19.2. The first-order chi connectivity index (χ1) is 15.5. The summed E-state index contributed by atoms with van der Waals surface area (Å²) >= 11 is 0. The molecule has 0 heterocycles. The van der Waals surface area contributed by atoms with Gasteiger partial charge in [0, 0.05) is 19.7 Å². The van der Waals surface area contributed by atoms with E-state index in [-0.39, 0.29) is 18.0 Å². The molecule has 9 nitrogen and oxygen atoms in total. The normalized spacial score (nSPS) is 11.9. The Morgan fingerprint density at radius 3 is 2.18 bits per heavy atom. The molecule has 0 saturated carbocycles. The average molecular weight is 482 g/mol. The number of amides is 2. The largest absolute Gasteiger partial charge is 0.493 e. The number of carbonyl (C=O) groups is 2. The van der Waals surface area contributed by atoms with E-state index in [1.807, 2.05) is 0 Å². The molecule has 0 unspecified atom stereocenters. The van der Waals surface area contributed by atoms with Gasteiger partial charge in [-0.25, -0.2) is 12.8 Å². The van der Waals surface area contributed by atoms with Gasteiger partial charge in [-0.05, 0) is 36.8 Å². The molecule has 0 fully saturated rings. The summed E-state index contributed by atoms with van der Waals surface area (Å²) in [6.45, 7) is 0.954. The van der Waals surface area contributed by atoms with E-state index in [0.717, 1.165) is 10.6 Å². The van der Waals surface area contributed by atoms with Gasteiger partial charge in [0.05, 0.1) is 26.2 Å². The van der Waals surface area contributed by atoms with Gasteiger partial charge in [0.25, 0.3) is 0 Å². The van der Waals surface area contributed by atoms with Crippen LogP contribution in [0.2, 0.25) is 0 Å². The zero-order valence-corrected chi connectivity index (χ0v) is 20.0. The lowest BCUT2D eigenvalue weighted by Gasteiger charge is -2.31. The third-order valence-corrected chi connectivity index (χ3v) is 6.15. The molecule has 1 N–H and O–H groups in total. The molecule has 0 aliphatic heterocycles. The summed E-state index contributed by atoms with van der Waals surface area (Å²) in [6, 6.07) is 9.04. The number of hydrogen-bond acceptors (Lipinski definition) is 6. The van der Waals surface area contributed by atoms with Crippen LogP contribution in [0.15, 0.2) is 42.5 Å². The van der Waals surface area contributed by atoms with Gasteiger partial charge in [-0.1, -0.05) is 12.1 Å². The van der Waals surface area contributed by atoms with Crippen molar-refractivity contribution in [1.82, 2.24) is 10.2 Å². The minimum atomic E-state index is -3.88. The van der Waals surface area contributed by atoms with Crippen LogP contribution in [0.3, 0.4) is 0 Å². The Hall–Kier alpha value is -3.34. The number of nitrogens with one attached hydrogen (secondary N) is 1. The maximum absolute atomic E-state index is 13.3. The topological polar surface area (TPSA) is 105 Å². The second-order valence-corrected chi connectivity index (χ2v) is 9.15. The predicted molar refractivity (Wildman–Crippen MR) is 122 cm³/mol. The van der Waals surface area contributed by atoms with Crippen LogP contribution in [0.5, 0.6) is 11.5 Å². The lowest BCUT2D eigenvalue weighted by atomic mass is 10.1. The van der Waals surface area contributed by atoms with Crippen molar-refractivity contribution in [1.29, 1.82) is 0 Å². The Balaban J connectivity index is 2.42. The fraction of sp³-hybridized carbons (Fsp3) is 0.364. The van der Waals surface area contributed by atoms with Crippen LogP contribution >= 0.6 is 0 Å². The number of nitrogens with zero attached hydrogens (tertiary/aromatic N) is 2. The SMILES string of the molecule is CNC(=O)[C@@H](C)N(Cc1ccc(F)cc1)C(=O)CN(c1ccc(OC)c(OC)c1)S(C)(=O)=O. The summed E-state index contributed by atoms with van der Waals surface area (Å²) in [4.78, 5) is 26.8. The molecule has 2 rings (SSSR count). The Bertz CT molecular complexity index is 1090. The molecular weight excluding hydrogens is 453 g/mol. The lowest BCUT2D eigenvalue weighted by Crippen LogP contribution is -2.50. The van der Waals surface area contributed by atoms with Crippen LogP contribution in [0.25, 0.3) is 0 Å². The molecule has 0 bridgehead atoms. The van der Waals surface area contributed by atoms with E-state index in [4.69, 9.17) is 9.47 Å². The first-order valence-corrected chi connectivity index (χ1v) is 11.8. The number of benzene rings is 2. The van der Waals surface area contributed by atoms with Crippen molar-refractivity contribution in [3.63, 3.8) is 0 Å². The third kappa shape index (κ3) is 6.58. The van der Waals surface area contributed by atoms with Gasteiger partial charge in [0.2, 0.25) is 21.8 Å². The smallest absolute Gasteiger partial charge is 0.244 e. The number of ether oxygens (including phenoxy) is 2. The number of halogens is 1. The Kier molecular flexibility index (Phi) is 8.63. The lowest BCUT2D eigenvalue weighted by molar-refractivity contribution is -0.139. The van der Waals surface area contributed by atoms with Crippen LogP contribution in [0, 0.1) is 5.82 Å². The highest BCUT2D eigenvalue weighted by Gasteiger charge is 2.30. The first-order valence-electron chi connectivity index (χ1n) is 9.97. The molecule has 0 radical (unpaired) electrons. The number of methoxy groups -OCH3 is 2. The number of hydrogen-bond donors (Lipinski definition) is 1. The van der Waals surface area contributed by atoms with Crippen LogP contribution < -0.4 is 19.1 Å². The molecule has 0 aliphatic carbocycles. The summed E-state index contributed by atoms with van der Waals surface area (Å²) < 4.78 is 49.8. The van der Waals surface area contributed by atoms with Crippen molar-refractivity contribution < 1.29 is 31.9 Å². The van der Waals surface area contributed by atoms with Crippen molar-refractivity contribution in [2.75, 3.05) is 38.4 Å². The Labute approximate surface area is 193 Å². The van der Waals surface area contributed by atoms with Gasteiger partial charge in [-0.15, -0.1) is 0 Å². The fourth-order valence-electron chi connectivity index (χ4n) is 3.17. The van der Waals surface area contributed by atoms with Crippen LogP contribution in [-0.2, 0) is 26.2 Å². The number of rotatable bonds is 10. The van der Waals surface area contributed by atoms with Crippen molar-refractivity contribution in [3.05, 3.63) is 53.8 Å². The molecule has 2 amide bonds. The van der Waals surface area contributed by atoms with Crippen molar-refractivity contribution >= 4 is 27.5 Å². The molecule has 2 aromatic rings. The first kappa shape index (κ1) is 25.9. The van der Waals surface area contributed by atoms with Crippen molar-refractivity contribution in [2.45, 2.75) is 19.5 Å². The molecule has 0 aromatic heterocycles. The van der Waals surface area contributed by atoms with Gasteiger partial charge in [-0.3, -0.25) is 13.9 Å². The van der Waals surface area contributed by atoms with Gasteiger partial charge < -0.3 is 19.7 Å². The number of carbonyl (C=O) groups excluding carboxylic acids is 2. The highest BCUT2D eigenvalue weighted by Crippen LogP contribution is 2.32. The molecule has 33 heavy (non-hydrogen) atoms. The zero-order chi connectivity index (χ0) is 24.8. The predicted octanol–water partition coefficient (Wildman–Crippen LogP) is 1.77. The highest BCUT2D eigenvalue weighted by molar-refractivity contribution is 7.92. The molecule has 2 aromatic carbocycles. The molecule has 11 heteroatoms. The van der Waals surface area contributed by atoms with E-state index in [2.05, 4.69) is 5.32 Å². The van der Waals surface area contributed by atoms with Gasteiger partial charge in [0.15, 0.2) is 11.5 Å². The highest BCUT2D eigenvalue weighted by atomic mass is 32.2. The van der Waals surface area contributed by atoms with E-state index in [9.17, 15) is 22.4 Å². The van der Waals surface area contributed by atoms with Crippen molar-refractivity contribution in [2.24, 2.45) is 0 Å². The Morgan fingerprint density at radius 1 is 1.06 bits per heavy atom. The van der Waals surface area contributed by atoms with E-state index >= 15 is 0 Å². The van der Waals surface area contributed by atoms with Crippen LogP contribution in [-0.4, -0.2) is 65.2 Å². The molecule has 0 saturated heterocycles. The quantitative estimate of drug-likeness (QED) is 0.555. The number of sulfonamides is 1. The fourth-order valence-corrected chi connectivity index (χ4v) is 4.01. The summed E-state index contributed by atoms with van der Waals surface area (Å²) in [5, 5.41) is 2.48. The van der Waals surface area contributed by atoms with E-state index in [1.54, 1.807) is 0 Å². The second kappa shape index (κ2) is 11.0. The van der Waals surface area contributed by atoms with E-state index in [1.165, 1.54) is 75.6 Å². The summed E-state index contributed by atoms with van der Waals surface area (Å²) in [5.41, 5.74) is 0.773. The third-order valence-electron chi connectivity index (χ3n) is 5.01. The molecular formula is C22H28FN3O6S. The van der Waals surface area contributed by atoms with E-state index < -0.39 is 40.2 Å². The summed E-state index contributed by atoms with van der Waals surface area (Å²) in [6.07, 6.45) is 0.976. The van der Waals surface area contributed by atoms with Gasteiger partial charge in [0.1, 0.15) is 18.4 Å². The minimum Gasteiger partial charge on any atom is -0.493 e. The monoisotopic (exact) mass is 481 g/mol. The maximum atomic E-state index is 13.3. The maximum Gasteiger partial charge on any atom is 0.244 e. The number of anilines is 1. The van der Waals surface area contributed by atoms with Crippen LogP contribution in [0.1, 0.15) is 12.5 Å². The second-order valence-electron chi connectivity index (χ2n) is 7.25. The minimum absolute atomic E-state index is 0.0166. The molecule has 180 valence electrons. The van der Waals surface area contributed by atoms with Crippen molar-refractivity contribution in [3.8, 4) is 11.5 Å². The Morgan fingerprint density at radius 2 is 1.67 bits per heavy atom. The van der Waals surface area contributed by atoms with Gasteiger partial charge in [-0.2, -0.15) is 0 Å². The number of likely N-dealkylation sites (N-methyl/N-ethyl adjacent to an activating group) is 1. The van der Waals surface area contributed by atoms with E-state index in [0.29, 0.717) is 11.3 Å². The summed E-state index contributed by atoms with van der Waals surface area (Å²) in [5.74, 6) is -0.795. The molecule has 0 aliphatic rings. The van der Waals surface area contributed by atoms with Crippen LogP contribution in [0.4, 0.5) is 10.1 Å². The standard InChI is InChI=1S/C22H28FN3O6S/c1-15(22(28)24-2)25(13-16-6-8-17(23)9-7-16)21(27)14-26(33(5,29)30)18-10-11-19(31-3)20(12-18)32-4/h6-12,15H,13-14H2,1-5H3,(H,24,28)/t15-/m1/s1. The average Bonchev–Trinajstić information content (AvgIpc) is 2.79. The summed E-state index contributed by atoms with van der Waals surface area (Å²) in [7, 11) is 0.412. The molecule has 1 atom stereocenters. The van der Waals surface area contributed by atoms with Gasteiger partial charge >= 0.3 is 0 Å².